The van der Waals surface area contributed by atoms with Gasteiger partial charge in [-0.05, 0) is 45.1 Å². The van der Waals surface area contributed by atoms with Gasteiger partial charge < -0.3 is 15.5 Å². The summed E-state index contributed by atoms with van der Waals surface area (Å²) in [4.78, 5) is 9.55. The van der Waals surface area contributed by atoms with Crippen molar-refractivity contribution >= 4 is 17.6 Å². The lowest BCUT2D eigenvalue weighted by Crippen LogP contribution is -2.51. The predicted molar refractivity (Wildman–Crippen MR) is 103 cm³/mol. The van der Waals surface area contributed by atoms with Gasteiger partial charge in [-0.2, -0.15) is 0 Å². The standard InChI is InChI=1S/C18H30ClN5/c1-4-20-18(21-10-9-15-5-7-16(19)8-6-15)22-13-17-14-23(2)11-12-24(17)3/h5-8,17H,4,9-14H2,1-3H3,(H2,20,21,22). The Labute approximate surface area is 151 Å². The Balaban J connectivity index is 1.82. The molecular formula is C18H30ClN5. The highest BCUT2D eigenvalue weighted by atomic mass is 35.5. The summed E-state index contributed by atoms with van der Waals surface area (Å²) in [6.07, 6.45) is 0.952. The molecule has 6 heteroatoms. The molecule has 1 aromatic rings. The van der Waals surface area contributed by atoms with E-state index < -0.39 is 0 Å². The number of guanidine groups is 1. The predicted octanol–water partition coefficient (Wildman–Crippen LogP) is 1.68. The van der Waals surface area contributed by atoms with Crippen LogP contribution in [-0.4, -0.2) is 75.2 Å². The molecule has 1 aromatic carbocycles. The molecular weight excluding hydrogens is 322 g/mol. The van der Waals surface area contributed by atoms with Gasteiger partial charge >= 0.3 is 0 Å². The molecule has 134 valence electrons. The molecule has 0 spiro atoms. The lowest BCUT2D eigenvalue weighted by molar-refractivity contribution is 0.119. The number of halogens is 1. The topological polar surface area (TPSA) is 42.9 Å². The summed E-state index contributed by atoms with van der Waals surface area (Å²) in [5.41, 5.74) is 1.27. The van der Waals surface area contributed by atoms with E-state index in [0.717, 1.165) is 56.7 Å². The van der Waals surface area contributed by atoms with Gasteiger partial charge in [-0.15, -0.1) is 0 Å². The Morgan fingerprint density at radius 1 is 1.21 bits per heavy atom. The minimum Gasteiger partial charge on any atom is -0.357 e. The second kappa shape index (κ2) is 9.87. The van der Waals surface area contributed by atoms with Gasteiger partial charge in [0, 0.05) is 43.8 Å². The minimum atomic E-state index is 0.482. The molecule has 0 aromatic heterocycles. The lowest BCUT2D eigenvalue weighted by Gasteiger charge is -2.36. The average Bonchev–Trinajstić information content (AvgIpc) is 2.57. The monoisotopic (exact) mass is 351 g/mol. The highest BCUT2D eigenvalue weighted by molar-refractivity contribution is 6.30. The third-order valence-electron chi connectivity index (χ3n) is 4.40. The zero-order chi connectivity index (χ0) is 17.4. The number of piperazine rings is 1. The van der Waals surface area contributed by atoms with Crippen molar-refractivity contribution in [1.82, 2.24) is 20.4 Å². The van der Waals surface area contributed by atoms with Crippen molar-refractivity contribution in [2.75, 3.05) is 53.4 Å². The van der Waals surface area contributed by atoms with Crippen LogP contribution in [0, 0.1) is 0 Å². The summed E-state index contributed by atoms with van der Waals surface area (Å²) in [6.45, 7) is 7.95. The van der Waals surface area contributed by atoms with Crippen LogP contribution in [-0.2, 0) is 6.42 Å². The number of nitrogens with zero attached hydrogens (tertiary/aromatic N) is 3. The molecule has 0 radical (unpaired) electrons. The van der Waals surface area contributed by atoms with Crippen LogP contribution in [0.15, 0.2) is 29.3 Å². The fourth-order valence-electron chi connectivity index (χ4n) is 2.81. The van der Waals surface area contributed by atoms with Gasteiger partial charge in [0.15, 0.2) is 5.96 Å². The van der Waals surface area contributed by atoms with E-state index in [9.17, 15) is 0 Å². The summed E-state index contributed by atoms with van der Waals surface area (Å²) in [5.74, 6) is 0.896. The van der Waals surface area contributed by atoms with Gasteiger partial charge in [0.05, 0.1) is 6.54 Å². The summed E-state index contributed by atoms with van der Waals surface area (Å²) in [7, 11) is 4.37. The molecule has 24 heavy (non-hydrogen) atoms. The van der Waals surface area contributed by atoms with Gasteiger partial charge in [0.2, 0.25) is 0 Å². The van der Waals surface area contributed by atoms with Crippen molar-refractivity contribution < 1.29 is 0 Å². The fraction of sp³-hybridized carbons (Fsp3) is 0.611. The van der Waals surface area contributed by atoms with Crippen molar-refractivity contribution in [3.05, 3.63) is 34.9 Å². The van der Waals surface area contributed by atoms with Crippen LogP contribution < -0.4 is 10.6 Å². The van der Waals surface area contributed by atoms with Gasteiger partial charge in [-0.1, -0.05) is 23.7 Å². The van der Waals surface area contributed by atoms with Gasteiger partial charge in [0.25, 0.3) is 0 Å². The number of rotatable bonds is 6. The molecule has 2 N–H and O–H groups in total. The lowest BCUT2D eigenvalue weighted by atomic mass is 10.1. The molecule has 1 fully saturated rings. The van der Waals surface area contributed by atoms with E-state index in [1.165, 1.54) is 5.56 Å². The maximum atomic E-state index is 5.92. The quantitative estimate of drug-likeness (QED) is 0.604. The molecule has 1 unspecified atom stereocenters. The molecule has 5 nitrogen and oxygen atoms in total. The van der Waals surface area contributed by atoms with Gasteiger partial charge in [-0.25, -0.2) is 0 Å². The second-order valence-corrected chi connectivity index (χ2v) is 6.86. The zero-order valence-electron chi connectivity index (χ0n) is 15.1. The number of aliphatic imine (C=N–C) groups is 1. The van der Waals surface area contributed by atoms with Crippen LogP contribution in [0.5, 0.6) is 0 Å². The zero-order valence-corrected chi connectivity index (χ0v) is 15.8. The van der Waals surface area contributed by atoms with E-state index in [-0.39, 0.29) is 0 Å². The molecule has 1 atom stereocenters. The summed E-state index contributed by atoms with van der Waals surface area (Å²) < 4.78 is 0. The molecule has 2 rings (SSSR count). The smallest absolute Gasteiger partial charge is 0.191 e. The Bertz CT molecular complexity index is 517. The number of hydrogen-bond donors (Lipinski definition) is 2. The highest BCUT2D eigenvalue weighted by Gasteiger charge is 2.21. The summed E-state index contributed by atoms with van der Waals surface area (Å²) in [5, 5.41) is 7.53. The Kier molecular flexibility index (Phi) is 7.82. The number of benzene rings is 1. The van der Waals surface area contributed by atoms with Gasteiger partial charge in [0.1, 0.15) is 0 Å². The first kappa shape index (κ1) is 19.0. The first-order valence-electron chi connectivity index (χ1n) is 8.74. The van der Waals surface area contributed by atoms with Crippen molar-refractivity contribution in [1.29, 1.82) is 0 Å². The Morgan fingerprint density at radius 2 is 1.96 bits per heavy atom. The van der Waals surface area contributed by atoms with E-state index in [1.54, 1.807) is 0 Å². The van der Waals surface area contributed by atoms with Crippen LogP contribution in [0.3, 0.4) is 0 Å². The average molecular weight is 352 g/mol. The van der Waals surface area contributed by atoms with E-state index >= 15 is 0 Å². The number of likely N-dealkylation sites (N-methyl/N-ethyl adjacent to an activating group) is 2. The molecule has 0 aliphatic carbocycles. The van der Waals surface area contributed by atoms with Crippen molar-refractivity contribution in [2.45, 2.75) is 19.4 Å². The normalized spacial score (nSPS) is 20.2. The molecule has 0 bridgehead atoms. The van der Waals surface area contributed by atoms with Crippen LogP contribution in [0.2, 0.25) is 5.02 Å². The Hall–Kier alpha value is -1.30. The molecule has 1 heterocycles. The van der Waals surface area contributed by atoms with Crippen molar-refractivity contribution in [2.24, 2.45) is 4.99 Å². The fourth-order valence-corrected chi connectivity index (χ4v) is 2.94. The highest BCUT2D eigenvalue weighted by Crippen LogP contribution is 2.09. The SMILES string of the molecule is CCNC(=NCC1CN(C)CCN1C)NCCc1ccc(Cl)cc1. The Morgan fingerprint density at radius 3 is 2.67 bits per heavy atom. The maximum Gasteiger partial charge on any atom is 0.191 e. The first-order valence-corrected chi connectivity index (χ1v) is 9.11. The first-order chi connectivity index (χ1) is 11.6. The maximum absolute atomic E-state index is 5.92. The minimum absolute atomic E-state index is 0.482. The number of hydrogen-bond acceptors (Lipinski definition) is 3. The van der Waals surface area contributed by atoms with Crippen molar-refractivity contribution in [3.63, 3.8) is 0 Å². The second-order valence-electron chi connectivity index (χ2n) is 6.42. The van der Waals surface area contributed by atoms with Crippen LogP contribution in [0.1, 0.15) is 12.5 Å². The number of nitrogens with one attached hydrogen (secondary N) is 2. The van der Waals surface area contributed by atoms with Crippen molar-refractivity contribution in [3.8, 4) is 0 Å². The van der Waals surface area contributed by atoms with Crippen LogP contribution in [0.4, 0.5) is 0 Å². The molecule has 1 aliphatic heterocycles. The van der Waals surface area contributed by atoms with Crippen LogP contribution >= 0.6 is 11.6 Å². The largest absolute Gasteiger partial charge is 0.357 e. The van der Waals surface area contributed by atoms with E-state index in [1.807, 2.05) is 12.1 Å². The van der Waals surface area contributed by atoms with Crippen LogP contribution in [0.25, 0.3) is 0 Å². The molecule has 0 amide bonds. The van der Waals surface area contributed by atoms with E-state index in [2.05, 4.69) is 53.6 Å². The molecule has 0 saturated carbocycles. The van der Waals surface area contributed by atoms with E-state index in [4.69, 9.17) is 16.6 Å². The summed E-state index contributed by atoms with van der Waals surface area (Å²) >= 11 is 5.92. The molecule has 1 saturated heterocycles. The molecule has 1 aliphatic rings. The third kappa shape index (κ3) is 6.30. The third-order valence-corrected chi connectivity index (χ3v) is 4.66. The van der Waals surface area contributed by atoms with E-state index in [0.29, 0.717) is 6.04 Å². The summed E-state index contributed by atoms with van der Waals surface area (Å²) in [6, 6.07) is 8.49. The van der Waals surface area contributed by atoms with Gasteiger partial charge in [-0.3, -0.25) is 9.89 Å².